The van der Waals surface area contributed by atoms with Crippen molar-refractivity contribution in [2.75, 3.05) is 31.1 Å². The minimum Gasteiger partial charge on any atom is -0.348 e. The minimum absolute atomic E-state index is 0.0133. The van der Waals surface area contributed by atoms with Crippen LogP contribution in [0, 0.1) is 5.82 Å². The first-order valence-corrected chi connectivity index (χ1v) is 7.51. The van der Waals surface area contributed by atoms with Gasteiger partial charge >= 0.3 is 6.03 Å². The van der Waals surface area contributed by atoms with Crippen molar-refractivity contribution in [3.05, 3.63) is 29.6 Å². The van der Waals surface area contributed by atoms with E-state index in [1.165, 1.54) is 23.1 Å². The molecule has 0 aliphatic carbocycles. The number of hydrogen-bond donors (Lipinski definition) is 3. The molecule has 2 fully saturated rings. The molecule has 3 rings (SSSR count). The van der Waals surface area contributed by atoms with Crippen LogP contribution < -0.4 is 20.9 Å². The maximum Gasteiger partial charge on any atom is 0.321 e. The summed E-state index contributed by atoms with van der Waals surface area (Å²) in [6.45, 7) is 2.70. The molecular formula is C15H19FN4O2. The van der Waals surface area contributed by atoms with E-state index < -0.39 is 11.7 Å². The van der Waals surface area contributed by atoms with Gasteiger partial charge in [-0.1, -0.05) is 0 Å². The largest absolute Gasteiger partial charge is 0.348 e. The van der Waals surface area contributed by atoms with Crippen LogP contribution in [0.25, 0.3) is 0 Å². The highest BCUT2D eigenvalue weighted by molar-refractivity contribution is 5.98. The Hall–Kier alpha value is -2.15. The van der Waals surface area contributed by atoms with Gasteiger partial charge in [-0.15, -0.1) is 0 Å². The number of rotatable bonds is 3. The molecule has 0 spiro atoms. The van der Waals surface area contributed by atoms with Crippen molar-refractivity contribution >= 4 is 17.6 Å². The molecule has 1 atom stereocenters. The molecule has 118 valence electrons. The second-order valence-electron chi connectivity index (χ2n) is 5.56. The van der Waals surface area contributed by atoms with E-state index in [-0.39, 0.29) is 17.6 Å². The van der Waals surface area contributed by atoms with Crippen LogP contribution in [0.15, 0.2) is 18.2 Å². The number of hydrogen-bond acceptors (Lipinski definition) is 3. The van der Waals surface area contributed by atoms with Crippen LogP contribution in [-0.2, 0) is 0 Å². The number of carbonyl (C=O) groups excluding carboxylic acids is 2. The summed E-state index contributed by atoms with van der Waals surface area (Å²) in [4.78, 5) is 25.5. The smallest absolute Gasteiger partial charge is 0.321 e. The van der Waals surface area contributed by atoms with Crippen LogP contribution in [-0.4, -0.2) is 44.2 Å². The third-order valence-corrected chi connectivity index (χ3v) is 4.00. The molecule has 2 saturated heterocycles. The number of benzene rings is 1. The molecule has 2 aliphatic heterocycles. The van der Waals surface area contributed by atoms with Gasteiger partial charge in [0.05, 0.1) is 5.56 Å². The van der Waals surface area contributed by atoms with Crippen LogP contribution in [0.2, 0.25) is 0 Å². The number of nitrogens with zero attached hydrogens (tertiary/aromatic N) is 1. The first-order chi connectivity index (χ1) is 10.6. The van der Waals surface area contributed by atoms with Gasteiger partial charge in [0, 0.05) is 31.4 Å². The Balaban J connectivity index is 1.76. The molecule has 22 heavy (non-hydrogen) atoms. The maximum absolute atomic E-state index is 14.0. The third-order valence-electron chi connectivity index (χ3n) is 4.00. The van der Waals surface area contributed by atoms with Gasteiger partial charge in [-0.05, 0) is 37.6 Å². The normalized spacial score (nSPS) is 21.6. The average Bonchev–Trinajstić information content (AvgIpc) is 2.95. The van der Waals surface area contributed by atoms with Gasteiger partial charge in [0.2, 0.25) is 0 Å². The molecule has 0 unspecified atom stereocenters. The summed E-state index contributed by atoms with van der Waals surface area (Å²) in [5, 5.41) is 8.72. The summed E-state index contributed by atoms with van der Waals surface area (Å²) in [6.07, 6.45) is 1.87. The summed E-state index contributed by atoms with van der Waals surface area (Å²) in [5.74, 6) is -1.02. The van der Waals surface area contributed by atoms with Gasteiger partial charge in [-0.3, -0.25) is 9.69 Å². The Labute approximate surface area is 128 Å². The standard InChI is InChI=1S/C15H19FN4O2/c16-13-4-3-11(20-7-6-18-15(20)22)8-12(13)14(21)19-10-2-1-5-17-9-10/h3-4,8,10,17H,1-2,5-7,9H2,(H,18,22)(H,19,21)/t10-/m0/s1. The summed E-state index contributed by atoms with van der Waals surface area (Å²) in [5.41, 5.74) is 0.506. The Morgan fingerprint density at radius 2 is 2.23 bits per heavy atom. The topological polar surface area (TPSA) is 73.5 Å². The molecule has 3 N–H and O–H groups in total. The molecular weight excluding hydrogens is 287 g/mol. The lowest BCUT2D eigenvalue weighted by Gasteiger charge is -2.24. The number of carbonyl (C=O) groups is 2. The summed E-state index contributed by atoms with van der Waals surface area (Å²) in [7, 11) is 0. The van der Waals surface area contributed by atoms with Crippen LogP contribution in [0.5, 0.6) is 0 Å². The van der Waals surface area contributed by atoms with E-state index in [0.29, 0.717) is 25.3 Å². The van der Waals surface area contributed by atoms with Gasteiger partial charge in [-0.2, -0.15) is 0 Å². The molecule has 7 heteroatoms. The SMILES string of the molecule is O=C(N[C@H]1CCCNC1)c1cc(N2CCNC2=O)ccc1F. The minimum atomic E-state index is -0.579. The molecule has 3 amide bonds. The monoisotopic (exact) mass is 306 g/mol. The van der Waals surface area contributed by atoms with E-state index in [9.17, 15) is 14.0 Å². The number of urea groups is 1. The fourth-order valence-corrected chi connectivity index (χ4v) is 2.81. The number of piperidine rings is 1. The molecule has 0 saturated carbocycles. The number of amides is 3. The van der Waals surface area contributed by atoms with Crippen molar-refractivity contribution < 1.29 is 14.0 Å². The molecule has 1 aromatic rings. The molecule has 2 aliphatic rings. The van der Waals surface area contributed by atoms with Crippen molar-refractivity contribution in [2.24, 2.45) is 0 Å². The molecule has 6 nitrogen and oxygen atoms in total. The van der Waals surface area contributed by atoms with Gasteiger partial charge < -0.3 is 16.0 Å². The van der Waals surface area contributed by atoms with Crippen LogP contribution in [0.3, 0.4) is 0 Å². The zero-order valence-electron chi connectivity index (χ0n) is 12.2. The zero-order chi connectivity index (χ0) is 15.5. The highest BCUT2D eigenvalue weighted by Gasteiger charge is 2.24. The number of nitrogens with one attached hydrogen (secondary N) is 3. The summed E-state index contributed by atoms with van der Waals surface area (Å²) >= 11 is 0. The van der Waals surface area contributed by atoms with Gasteiger partial charge in [0.25, 0.3) is 5.91 Å². The molecule has 0 bridgehead atoms. The lowest BCUT2D eigenvalue weighted by atomic mass is 10.1. The van der Waals surface area contributed by atoms with E-state index in [1.54, 1.807) is 0 Å². The van der Waals surface area contributed by atoms with Crippen LogP contribution in [0.1, 0.15) is 23.2 Å². The first-order valence-electron chi connectivity index (χ1n) is 7.51. The third kappa shape index (κ3) is 3.04. The first kappa shape index (κ1) is 14.8. The lowest BCUT2D eigenvalue weighted by molar-refractivity contribution is 0.0926. The van der Waals surface area contributed by atoms with Gasteiger partial charge in [-0.25, -0.2) is 9.18 Å². The predicted octanol–water partition coefficient (Wildman–Crippen LogP) is 0.837. The Kier molecular flexibility index (Phi) is 4.24. The number of anilines is 1. The van der Waals surface area contributed by atoms with Gasteiger partial charge in [0.15, 0.2) is 0 Å². The average molecular weight is 306 g/mol. The molecule has 0 aromatic heterocycles. The lowest BCUT2D eigenvalue weighted by Crippen LogP contribution is -2.45. The molecule has 1 aromatic carbocycles. The van der Waals surface area contributed by atoms with Crippen LogP contribution >= 0.6 is 0 Å². The Morgan fingerprint density at radius 3 is 2.91 bits per heavy atom. The van der Waals surface area contributed by atoms with E-state index in [1.807, 2.05) is 0 Å². The van der Waals surface area contributed by atoms with Crippen molar-refractivity contribution in [1.82, 2.24) is 16.0 Å². The Morgan fingerprint density at radius 1 is 1.36 bits per heavy atom. The van der Waals surface area contributed by atoms with Crippen LogP contribution in [0.4, 0.5) is 14.9 Å². The van der Waals surface area contributed by atoms with Gasteiger partial charge in [0.1, 0.15) is 5.82 Å². The zero-order valence-corrected chi connectivity index (χ0v) is 12.2. The number of halogens is 1. The second kappa shape index (κ2) is 6.31. The summed E-state index contributed by atoms with van der Waals surface area (Å²) < 4.78 is 14.0. The van der Waals surface area contributed by atoms with Crippen molar-refractivity contribution in [3.63, 3.8) is 0 Å². The fourth-order valence-electron chi connectivity index (χ4n) is 2.81. The predicted molar refractivity (Wildman–Crippen MR) is 80.5 cm³/mol. The van der Waals surface area contributed by atoms with E-state index in [0.717, 1.165) is 19.4 Å². The molecule has 0 radical (unpaired) electrons. The highest BCUT2D eigenvalue weighted by Crippen LogP contribution is 2.21. The Bertz CT molecular complexity index is 587. The second-order valence-corrected chi connectivity index (χ2v) is 5.56. The van der Waals surface area contributed by atoms with E-state index in [2.05, 4.69) is 16.0 Å². The van der Waals surface area contributed by atoms with Crippen molar-refractivity contribution in [1.29, 1.82) is 0 Å². The fraction of sp³-hybridized carbons (Fsp3) is 0.467. The summed E-state index contributed by atoms with van der Waals surface area (Å²) in [6, 6.07) is 3.97. The van der Waals surface area contributed by atoms with E-state index in [4.69, 9.17) is 0 Å². The van der Waals surface area contributed by atoms with Crippen molar-refractivity contribution in [3.8, 4) is 0 Å². The van der Waals surface area contributed by atoms with Crippen molar-refractivity contribution in [2.45, 2.75) is 18.9 Å². The van der Waals surface area contributed by atoms with E-state index >= 15 is 0 Å². The molecule has 2 heterocycles. The maximum atomic E-state index is 14.0. The highest BCUT2D eigenvalue weighted by atomic mass is 19.1. The quantitative estimate of drug-likeness (QED) is 0.775.